The summed E-state index contributed by atoms with van der Waals surface area (Å²) in [7, 11) is -3.26. The summed E-state index contributed by atoms with van der Waals surface area (Å²) < 4.78 is 35.1. The van der Waals surface area contributed by atoms with Gasteiger partial charge in [-0.2, -0.15) is 0 Å². The van der Waals surface area contributed by atoms with Gasteiger partial charge in [0.05, 0.1) is 12.2 Å². The van der Waals surface area contributed by atoms with E-state index < -0.39 is 10.0 Å². The zero-order valence-electron chi connectivity index (χ0n) is 12.2. The minimum atomic E-state index is -3.26. The predicted molar refractivity (Wildman–Crippen MR) is 80.3 cm³/mol. The third-order valence-corrected chi connectivity index (χ3v) is 5.13. The van der Waals surface area contributed by atoms with Crippen LogP contribution in [-0.4, -0.2) is 44.8 Å². The molecule has 7 nitrogen and oxygen atoms in total. The lowest BCUT2D eigenvalue weighted by atomic mass is 9.98. The second-order valence-corrected chi connectivity index (χ2v) is 7.50. The number of anilines is 1. The monoisotopic (exact) mass is 326 g/mol. The maximum atomic E-state index is 12.3. The number of nitrogens with one attached hydrogen (secondary N) is 1. The number of fused-ring (bicyclic) bond motifs is 1. The van der Waals surface area contributed by atoms with Crippen molar-refractivity contribution in [3.05, 3.63) is 18.2 Å². The Labute approximate surface area is 129 Å². The Kier molecular flexibility index (Phi) is 3.96. The highest BCUT2D eigenvalue weighted by molar-refractivity contribution is 7.88. The summed E-state index contributed by atoms with van der Waals surface area (Å²) in [5.74, 6) is 0.735. The van der Waals surface area contributed by atoms with Crippen molar-refractivity contribution in [1.82, 2.24) is 4.31 Å². The first kappa shape index (κ1) is 15.1. The SMILES string of the molecule is CS(=O)(=O)N1CCCC(C(=O)Nc2ccc3c(c2)OCO3)C1. The lowest BCUT2D eigenvalue weighted by molar-refractivity contribution is -0.120. The van der Waals surface area contributed by atoms with Gasteiger partial charge in [0.2, 0.25) is 22.7 Å². The smallest absolute Gasteiger partial charge is 0.231 e. The van der Waals surface area contributed by atoms with Crippen molar-refractivity contribution in [3.8, 4) is 11.5 Å². The number of hydrogen-bond acceptors (Lipinski definition) is 5. The Bertz CT molecular complexity index is 688. The van der Waals surface area contributed by atoms with E-state index in [1.54, 1.807) is 18.2 Å². The molecule has 1 atom stereocenters. The van der Waals surface area contributed by atoms with Gasteiger partial charge in [-0.1, -0.05) is 0 Å². The van der Waals surface area contributed by atoms with Gasteiger partial charge in [0.1, 0.15) is 0 Å². The molecule has 0 radical (unpaired) electrons. The average molecular weight is 326 g/mol. The molecule has 0 aliphatic carbocycles. The second-order valence-electron chi connectivity index (χ2n) is 5.52. The van der Waals surface area contributed by atoms with E-state index in [-0.39, 0.29) is 25.2 Å². The van der Waals surface area contributed by atoms with Crippen LogP contribution in [0.25, 0.3) is 0 Å². The third-order valence-electron chi connectivity index (χ3n) is 3.86. The van der Waals surface area contributed by atoms with Crippen LogP contribution in [0, 0.1) is 5.92 Å². The second kappa shape index (κ2) is 5.77. The Balaban J connectivity index is 1.66. The fourth-order valence-corrected chi connectivity index (χ4v) is 3.59. The minimum Gasteiger partial charge on any atom is -0.454 e. The van der Waals surface area contributed by atoms with Crippen molar-refractivity contribution in [2.75, 3.05) is 31.5 Å². The highest BCUT2D eigenvalue weighted by Crippen LogP contribution is 2.34. The molecule has 1 fully saturated rings. The molecule has 2 aliphatic rings. The highest BCUT2D eigenvalue weighted by Gasteiger charge is 2.30. The van der Waals surface area contributed by atoms with Gasteiger partial charge in [0.25, 0.3) is 0 Å². The number of carbonyl (C=O) groups is 1. The number of ether oxygens (including phenoxy) is 2. The van der Waals surface area contributed by atoms with Crippen LogP contribution in [0.4, 0.5) is 5.69 Å². The maximum absolute atomic E-state index is 12.3. The molecule has 2 heterocycles. The van der Waals surface area contributed by atoms with Crippen LogP contribution in [-0.2, 0) is 14.8 Å². The Morgan fingerprint density at radius 1 is 1.32 bits per heavy atom. The van der Waals surface area contributed by atoms with E-state index in [9.17, 15) is 13.2 Å². The number of piperidine rings is 1. The largest absolute Gasteiger partial charge is 0.454 e. The van der Waals surface area contributed by atoms with E-state index in [4.69, 9.17) is 9.47 Å². The van der Waals surface area contributed by atoms with Gasteiger partial charge in [-0.3, -0.25) is 4.79 Å². The number of amides is 1. The van der Waals surface area contributed by atoms with Crippen LogP contribution in [0.5, 0.6) is 11.5 Å². The molecule has 1 saturated heterocycles. The number of nitrogens with zero attached hydrogens (tertiary/aromatic N) is 1. The number of sulfonamides is 1. The first-order valence-electron chi connectivity index (χ1n) is 7.09. The van der Waals surface area contributed by atoms with Gasteiger partial charge in [0.15, 0.2) is 11.5 Å². The summed E-state index contributed by atoms with van der Waals surface area (Å²) in [5, 5.41) is 2.82. The molecule has 0 saturated carbocycles. The molecule has 1 aromatic carbocycles. The van der Waals surface area contributed by atoms with Crippen molar-refractivity contribution in [3.63, 3.8) is 0 Å². The van der Waals surface area contributed by atoms with Crippen molar-refractivity contribution < 1.29 is 22.7 Å². The molecule has 8 heteroatoms. The summed E-state index contributed by atoms with van der Waals surface area (Å²) >= 11 is 0. The van der Waals surface area contributed by atoms with Crippen molar-refractivity contribution in [2.24, 2.45) is 5.92 Å². The van der Waals surface area contributed by atoms with Crippen LogP contribution in [0.2, 0.25) is 0 Å². The topological polar surface area (TPSA) is 84.9 Å². The first-order chi connectivity index (χ1) is 10.4. The van der Waals surface area contributed by atoms with Crippen molar-refractivity contribution in [1.29, 1.82) is 0 Å². The van der Waals surface area contributed by atoms with Crippen LogP contribution < -0.4 is 14.8 Å². The molecular formula is C14H18N2O5S. The van der Waals surface area contributed by atoms with Gasteiger partial charge in [-0.05, 0) is 25.0 Å². The molecular weight excluding hydrogens is 308 g/mol. The Hall–Kier alpha value is -1.80. The van der Waals surface area contributed by atoms with Crippen LogP contribution in [0.3, 0.4) is 0 Å². The molecule has 1 aromatic rings. The molecule has 2 aliphatic heterocycles. The summed E-state index contributed by atoms with van der Waals surface area (Å²) in [5.41, 5.74) is 0.616. The molecule has 0 bridgehead atoms. The number of rotatable bonds is 3. The van der Waals surface area contributed by atoms with E-state index >= 15 is 0 Å². The Morgan fingerprint density at radius 2 is 2.09 bits per heavy atom. The molecule has 0 aromatic heterocycles. The lowest BCUT2D eigenvalue weighted by Crippen LogP contribution is -2.43. The van der Waals surface area contributed by atoms with Gasteiger partial charge in [0, 0.05) is 24.8 Å². The number of hydrogen-bond donors (Lipinski definition) is 1. The van der Waals surface area contributed by atoms with E-state index in [1.807, 2.05) is 0 Å². The molecule has 1 N–H and O–H groups in total. The molecule has 1 amide bonds. The van der Waals surface area contributed by atoms with Crippen molar-refractivity contribution >= 4 is 21.6 Å². The molecule has 0 spiro atoms. The normalized spacial score (nSPS) is 21.6. The number of benzene rings is 1. The van der Waals surface area contributed by atoms with E-state index in [2.05, 4.69) is 5.32 Å². The predicted octanol–water partition coefficient (Wildman–Crippen LogP) is 1.03. The lowest BCUT2D eigenvalue weighted by Gasteiger charge is -2.30. The zero-order valence-corrected chi connectivity index (χ0v) is 13.1. The van der Waals surface area contributed by atoms with Crippen molar-refractivity contribution in [2.45, 2.75) is 12.8 Å². The highest BCUT2D eigenvalue weighted by atomic mass is 32.2. The Morgan fingerprint density at radius 3 is 2.86 bits per heavy atom. The molecule has 3 rings (SSSR count). The maximum Gasteiger partial charge on any atom is 0.231 e. The standard InChI is InChI=1S/C14H18N2O5S/c1-22(18,19)16-6-2-3-10(8-16)14(17)15-11-4-5-12-13(7-11)21-9-20-12/h4-5,7,10H,2-3,6,8-9H2,1H3,(H,15,17). The molecule has 120 valence electrons. The number of carbonyl (C=O) groups excluding carboxylic acids is 1. The van der Waals surface area contributed by atoms with Crippen LogP contribution in [0.1, 0.15) is 12.8 Å². The van der Waals surface area contributed by atoms with E-state index in [1.165, 1.54) is 10.6 Å². The summed E-state index contributed by atoms with van der Waals surface area (Å²) in [6.07, 6.45) is 2.54. The minimum absolute atomic E-state index is 0.174. The van der Waals surface area contributed by atoms with Gasteiger partial charge in [-0.15, -0.1) is 0 Å². The fraction of sp³-hybridized carbons (Fsp3) is 0.500. The zero-order chi connectivity index (χ0) is 15.7. The summed E-state index contributed by atoms with van der Waals surface area (Å²) in [4.78, 5) is 12.3. The van der Waals surface area contributed by atoms with Crippen LogP contribution >= 0.6 is 0 Å². The quantitative estimate of drug-likeness (QED) is 0.896. The fourth-order valence-electron chi connectivity index (χ4n) is 2.68. The van der Waals surface area contributed by atoms with Gasteiger partial charge in [-0.25, -0.2) is 12.7 Å². The average Bonchev–Trinajstić information content (AvgIpc) is 2.94. The summed E-state index contributed by atoms with van der Waals surface area (Å²) in [6, 6.07) is 5.18. The van der Waals surface area contributed by atoms with Crippen LogP contribution in [0.15, 0.2) is 18.2 Å². The molecule has 22 heavy (non-hydrogen) atoms. The summed E-state index contributed by atoms with van der Waals surface area (Å²) in [6.45, 7) is 0.889. The van der Waals surface area contributed by atoms with E-state index in [0.717, 1.165) is 0 Å². The molecule has 1 unspecified atom stereocenters. The van der Waals surface area contributed by atoms with Gasteiger partial charge < -0.3 is 14.8 Å². The third kappa shape index (κ3) is 3.17. The first-order valence-corrected chi connectivity index (χ1v) is 8.94. The van der Waals surface area contributed by atoms with E-state index in [0.29, 0.717) is 36.6 Å². The van der Waals surface area contributed by atoms with Gasteiger partial charge >= 0.3 is 0 Å².